The molecular weight excluding hydrogens is 401 g/mol. The summed E-state index contributed by atoms with van der Waals surface area (Å²) in [4.78, 5) is 24.7. The van der Waals surface area contributed by atoms with Crippen LogP contribution >= 0.6 is 11.3 Å². The van der Waals surface area contributed by atoms with Crippen LogP contribution in [0.2, 0.25) is 0 Å². The molecule has 1 aliphatic rings. The number of hydrogen-bond donors (Lipinski definition) is 1. The summed E-state index contributed by atoms with van der Waals surface area (Å²) in [6.45, 7) is 0. The van der Waals surface area contributed by atoms with Crippen LogP contribution in [-0.2, 0) is 19.0 Å². The number of benzene rings is 2. The molecule has 0 spiro atoms. The van der Waals surface area contributed by atoms with Gasteiger partial charge in [0.2, 0.25) is 0 Å². The summed E-state index contributed by atoms with van der Waals surface area (Å²) >= 11 is 1.29. The van der Waals surface area contributed by atoms with Crippen LogP contribution in [0.15, 0.2) is 53.9 Å². The van der Waals surface area contributed by atoms with E-state index in [0.29, 0.717) is 29.5 Å². The minimum absolute atomic E-state index is 0.0564. The van der Waals surface area contributed by atoms with Gasteiger partial charge in [-0.1, -0.05) is 30.3 Å². The SMILES string of the molecule is O=C(O)c1csc(CC2Cc3c(cccc3-c3cccc(C(F)(F)F)c3)C2=O)c1. The maximum Gasteiger partial charge on any atom is 0.416 e. The minimum atomic E-state index is -4.44. The Hall–Kier alpha value is -2.93. The maximum absolute atomic E-state index is 13.1. The highest BCUT2D eigenvalue weighted by Gasteiger charge is 2.34. The zero-order valence-corrected chi connectivity index (χ0v) is 15.8. The molecule has 0 saturated heterocycles. The predicted octanol–water partition coefficient (Wildman–Crippen LogP) is 5.73. The van der Waals surface area contributed by atoms with Crippen LogP contribution in [0.3, 0.4) is 0 Å². The first-order valence-electron chi connectivity index (χ1n) is 8.88. The molecule has 0 fully saturated rings. The zero-order valence-electron chi connectivity index (χ0n) is 15.0. The first kappa shape index (κ1) is 19.4. The molecule has 1 atom stereocenters. The standard InChI is InChI=1S/C22H15F3O3S/c23-22(24,25)15-4-1-3-12(7-15)17-5-2-6-18-19(17)10-13(20(18)26)8-16-9-14(11-29-16)21(27)28/h1-7,9,11,13H,8,10H2,(H,27,28). The normalized spacial score (nSPS) is 16.1. The Morgan fingerprint density at radius 3 is 2.52 bits per heavy atom. The highest BCUT2D eigenvalue weighted by Crippen LogP contribution is 2.38. The van der Waals surface area contributed by atoms with Crippen molar-refractivity contribution in [2.24, 2.45) is 5.92 Å². The number of ketones is 1. The van der Waals surface area contributed by atoms with E-state index < -0.39 is 17.7 Å². The lowest BCUT2D eigenvalue weighted by atomic mass is 9.95. The van der Waals surface area contributed by atoms with Gasteiger partial charge in [0.25, 0.3) is 0 Å². The fraction of sp³-hybridized carbons (Fsp3) is 0.182. The van der Waals surface area contributed by atoms with Crippen molar-refractivity contribution in [3.63, 3.8) is 0 Å². The van der Waals surface area contributed by atoms with Gasteiger partial charge in [0.05, 0.1) is 11.1 Å². The fourth-order valence-electron chi connectivity index (χ4n) is 3.74. The predicted molar refractivity (Wildman–Crippen MR) is 103 cm³/mol. The molecule has 1 aliphatic carbocycles. The van der Waals surface area contributed by atoms with Crippen molar-refractivity contribution >= 4 is 23.1 Å². The van der Waals surface area contributed by atoms with Gasteiger partial charge in [-0.05, 0) is 47.7 Å². The van der Waals surface area contributed by atoms with Crippen LogP contribution in [-0.4, -0.2) is 16.9 Å². The first-order valence-corrected chi connectivity index (χ1v) is 9.76. The monoisotopic (exact) mass is 416 g/mol. The summed E-state index contributed by atoms with van der Waals surface area (Å²) in [7, 11) is 0. The van der Waals surface area contributed by atoms with Gasteiger partial charge in [-0.3, -0.25) is 4.79 Å². The Morgan fingerprint density at radius 1 is 1.10 bits per heavy atom. The number of halogens is 3. The lowest BCUT2D eigenvalue weighted by Crippen LogP contribution is -2.11. The number of carbonyl (C=O) groups excluding carboxylic acids is 1. The van der Waals surface area contributed by atoms with Crippen LogP contribution in [0.4, 0.5) is 13.2 Å². The summed E-state index contributed by atoms with van der Waals surface area (Å²) in [5.74, 6) is -1.42. The Balaban J connectivity index is 1.65. The Kier molecular flexibility index (Phi) is 4.78. The van der Waals surface area contributed by atoms with E-state index in [1.54, 1.807) is 30.3 Å². The van der Waals surface area contributed by atoms with Crippen LogP contribution < -0.4 is 0 Å². The molecule has 1 aromatic heterocycles. The molecule has 0 saturated carbocycles. The molecule has 0 bridgehead atoms. The molecule has 1 heterocycles. The number of carboxylic acids is 1. The van der Waals surface area contributed by atoms with E-state index in [-0.39, 0.29) is 17.3 Å². The topological polar surface area (TPSA) is 54.4 Å². The summed E-state index contributed by atoms with van der Waals surface area (Å²) in [5, 5.41) is 10.6. The van der Waals surface area contributed by atoms with E-state index in [1.807, 2.05) is 0 Å². The second kappa shape index (κ2) is 7.15. The number of Topliss-reactive ketones (excluding diaryl/α,β-unsaturated/α-hetero) is 1. The molecule has 1 unspecified atom stereocenters. The van der Waals surface area contributed by atoms with Crippen molar-refractivity contribution in [2.45, 2.75) is 19.0 Å². The highest BCUT2D eigenvalue weighted by molar-refractivity contribution is 7.10. The third kappa shape index (κ3) is 3.70. The van der Waals surface area contributed by atoms with Gasteiger partial charge in [0, 0.05) is 21.7 Å². The fourth-order valence-corrected chi connectivity index (χ4v) is 4.68. The van der Waals surface area contributed by atoms with Crippen molar-refractivity contribution < 1.29 is 27.9 Å². The maximum atomic E-state index is 13.1. The molecule has 7 heteroatoms. The lowest BCUT2D eigenvalue weighted by Gasteiger charge is -2.12. The molecule has 0 amide bonds. The third-order valence-electron chi connectivity index (χ3n) is 5.11. The van der Waals surface area contributed by atoms with Crippen LogP contribution in [0.5, 0.6) is 0 Å². The molecule has 29 heavy (non-hydrogen) atoms. The lowest BCUT2D eigenvalue weighted by molar-refractivity contribution is -0.137. The van der Waals surface area contributed by atoms with Gasteiger partial charge in [0.1, 0.15) is 0 Å². The first-order chi connectivity index (χ1) is 13.7. The van der Waals surface area contributed by atoms with Gasteiger partial charge in [-0.2, -0.15) is 13.2 Å². The largest absolute Gasteiger partial charge is 0.478 e. The molecule has 4 rings (SSSR count). The summed E-state index contributed by atoms with van der Waals surface area (Å²) in [6, 6.07) is 11.8. The third-order valence-corrected chi connectivity index (χ3v) is 6.07. The molecule has 2 aromatic carbocycles. The average Bonchev–Trinajstić information content (AvgIpc) is 3.27. The van der Waals surface area contributed by atoms with Crippen LogP contribution in [0, 0.1) is 5.92 Å². The molecule has 3 aromatic rings. The second-order valence-electron chi connectivity index (χ2n) is 6.99. The number of aromatic carboxylic acids is 1. The Bertz CT molecular complexity index is 1110. The molecule has 0 radical (unpaired) electrons. The number of hydrogen-bond acceptors (Lipinski definition) is 3. The van der Waals surface area contributed by atoms with E-state index >= 15 is 0 Å². The van der Waals surface area contributed by atoms with E-state index in [9.17, 15) is 22.8 Å². The number of carbonyl (C=O) groups is 2. The number of alkyl halides is 3. The molecule has 3 nitrogen and oxygen atoms in total. The van der Waals surface area contributed by atoms with Gasteiger partial charge in [-0.25, -0.2) is 4.79 Å². The van der Waals surface area contributed by atoms with E-state index in [1.165, 1.54) is 22.8 Å². The smallest absolute Gasteiger partial charge is 0.416 e. The summed E-state index contributed by atoms with van der Waals surface area (Å²) in [6.07, 6.45) is -3.61. The van der Waals surface area contributed by atoms with Crippen molar-refractivity contribution in [1.82, 2.24) is 0 Å². The van der Waals surface area contributed by atoms with Crippen LogP contribution in [0.25, 0.3) is 11.1 Å². The van der Waals surface area contributed by atoms with Crippen LogP contribution in [0.1, 0.15) is 36.7 Å². The van der Waals surface area contributed by atoms with Crippen molar-refractivity contribution in [3.8, 4) is 11.1 Å². The molecule has 1 N–H and O–H groups in total. The van der Waals surface area contributed by atoms with Gasteiger partial charge < -0.3 is 5.11 Å². The van der Waals surface area contributed by atoms with Gasteiger partial charge >= 0.3 is 12.1 Å². The number of rotatable bonds is 4. The number of thiophene rings is 1. The number of fused-ring (bicyclic) bond motifs is 1. The van der Waals surface area contributed by atoms with E-state index in [4.69, 9.17) is 5.11 Å². The average molecular weight is 416 g/mol. The van der Waals surface area contributed by atoms with Crippen molar-refractivity contribution in [3.05, 3.63) is 81.0 Å². The molecule has 0 aliphatic heterocycles. The summed E-state index contributed by atoms with van der Waals surface area (Å²) < 4.78 is 39.3. The highest BCUT2D eigenvalue weighted by atomic mass is 32.1. The van der Waals surface area contributed by atoms with E-state index in [0.717, 1.165) is 22.6 Å². The van der Waals surface area contributed by atoms with E-state index in [2.05, 4.69) is 0 Å². The summed E-state index contributed by atoms with van der Waals surface area (Å²) in [5.41, 5.74) is 1.79. The number of carboxylic acid groups (broad SMARTS) is 1. The second-order valence-corrected chi connectivity index (χ2v) is 7.98. The van der Waals surface area contributed by atoms with Crippen molar-refractivity contribution in [2.75, 3.05) is 0 Å². The van der Waals surface area contributed by atoms with Gasteiger partial charge in [0.15, 0.2) is 5.78 Å². The molecule has 148 valence electrons. The zero-order chi connectivity index (χ0) is 20.8. The molecular formula is C22H15F3O3S. The van der Waals surface area contributed by atoms with Crippen molar-refractivity contribution in [1.29, 1.82) is 0 Å². The Morgan fingerprint density at radius 2 is 1.83 bits per heavy atom. The quantitative estimate of drug-likeness (QED) is 0.591. The Labute approximate surface area is 168 Å². The van der Waals surface area contributed by atoms with Gasteiger partial charge in [-0.15, -0.1) is 11.3 Å². The minimum Gasteiger partial charge on any atom is -0.478 e.